The van der Waals surface area contributed by atoms with Gasteiger partial charge in [-0.25, -0.2) is 4.79 Å². The highest BCUT2D eigenvalue weighted by Crippen LogP contribution is 2.32. The van der Waals surface area contributed by atoms with Crippen LogP contribution in [0.1, 0.15) is 48.5 Å². The van der Waals surface area contributed by atoms with Gasteiger partial charge in [-0.2, -0.15) is 0 Å². The quantitative estimate of drug-likeness (QED) is 0.635. The molecular formula is C13H17N3O4. The van der Waals surface area contributed by atoms with Crippen molar-refractivity contribution < 1.29 is 14.5 Å². The maximum atomic E-state index is 11.8. The number of benzene rings is 1. The third-order valence-electron chi connectivity index (χ3n) is 2.98. The first kappa shape index (κ1) is 15.6. The number of amides is 3. The maximum absolute atomic E-state index is 11.8. The molecule has 0 aliphatic carbocycles. The molecule has 0 saturated carbocycles. The number of nitrogens with one attached hydrogen (secondary N) is 1. The molecule has 7 heteroatoms. The summed E-state index contributed by atoms with van der Waals surface area (Å²) in [5.41, 5.74) is 4.91. The first-order valence-corrected chi connectivity index (χ1v) is 6.26. The summed E-state index contributed by atoms with van der Waals surface area (Å²) < 4.78 is 0. The number of rotatable bonds is 5. The van der Waals surface area contributed by atoms with Gasteiger partial charge in [0.2, 0.25) is 0 Å². The highest BCUT2D eigenvalue weighted by Gasteiger charge is 2.27. The van der Waals surface area contributed by atoms with Crippen molar-refractivity contribution in [1.82, 2.24) is 5.32 Å². The highest BCUT2D eigenvalue weighted by molar-refractivity contribution is 6.06. The van der Waals surface area contributed by atoms with Gasteiger partial charge in [0.25, 0.3) is 11.6 Å². The molecule has 3 amide bonds. The van der Waals surface area contributed by atoms with Crippen molar-refractivity contribution in [2.75, 3.05) is 0 Å². The molecule has 0 aromatic heterocycles. The molecule has 1 unspecified atom stereocenters. The third kappa shape index (κ3) is 3.53. The Balaban J connectivity index is 3.31. The molecule has 1 aromatic carbocycles. The summed E-state index contributed by atoms with van der Waals surface area (Å²) in [7, 11) is 0. The lowest BCUT2D eigenvalue weighted by Crippen LogP contribution is -2.35. The first-order valence-electron chi connectivity index (χ1n) is 6.26. The third-order valence-corrected chi connectivity index (χ3v) is 2.98. The predicted molar refractivity (Wildman–Crippen MR) is 73.5 cm³/mol. The maximum Gasteiger partial charge on any atom is 0.319 e. The zero-order valence-electron chi connectivity index (χ0n) is 11.4. The fraction of sp³-hybridized carbons (Fsp3) is 0.385. The van der Waals surface area contributed by atoms with Crippen LogP contribution < -0.4 is 11.1 Å². The Hall–Kier alpha value is -2.44. The van der Waals surface area contributed by atoms with E-state index in [-0.39, 0.29) is 17.2 Å². The number of imide groups is 1. The zero-order chi connectivity index (χ0) is 15.3. The predicted octanol–water partition coefficient (Wildman–Crippen LogP) is 2.31. The minimum atomic E-state index is -1.05. The fourth-order valence-electron chi connectivity index (χ4n) is 2.11. The van der Waals surface area contributed by atoms with Crippen LogP contribution in [-0.4, -0.2) is 16.9 Å². The Bertz CT molecular complexity index is 542. The Labute approximate surface area is 116 Å². The van der Waals surface area contributed by atoms with Gasteiger partial charge in [-0.15, -0.1) is 0 Å². The molecule has 1 atom stereocenters. The van der Waals surface area contributed by atoms with E-state index in [0.717, 1.165) is 12.8 Å². The monoisotopic (exact) mass is 279 g/mol. The van der Waals surface area contributed by atoms with E-state index in [1.165, 1.54) is 6.07 Å². The Kier molecular flexibility index (Phi) is 5.19. The average molecular weight is 279 g/mol. The van der Waals surface area contributed by atoms with Crippen molar-refractivity contribution in [3.05, 3.63) is 39.4 Å². The minimum Gasteiger partial charge on any atom is -0.351 e. The van der Waals surface area contributed by atoms with Crippen molar-refractivity contribution in [2.45, 2.75) is 32.6 Å². The number of carbonyl (C=O) groups excluding carboxylic acids is 2. The SMILES string of the molecule is CCCC(C)c1cccc(C(=O)NC(N)=O)c1[N+](=O)[O-]. The molecule has 3 N–H and O–H groups in total. The first-order chi connectivity index (χ1) is 9.38. The van der Waals surface area contributed by atoms with E-state index in [9.17, 15) is 19.7 Å². The fourth-order valence-corrected chi connectivity index (χ4v) is 2.11. The summed E-state index contributed by atoms with van der Waals surface area (Å²) in [6.45, 7) is 3.84. The number of carbonyl (C=O) groups is 2. The normalized spacial score (nSPS) is 11.7. The zero-order valence-corrected chi connectivity index (χ0v) is 11.4. The number of para-hydroxylation sites is 1. The number of primary amides is 1. The summed E-state index contributed by atoms with van der Waals surface area (Å²) in [6.07, 6.45) is 1.64. The standard InChI is InChI=1S/C13H17N3O4/c1-3-5-8(2)9-6-4-7-10(11(9)16(19)20)12(17)15-13(14)18/h4,6-8H,3,5H2,1-2H3,(H3,14,15,17,18). The van der Waals surface area contributed by atoms with E-state index >= 15 is 0 Å². The Morgan fingerprint density at radius 2 is 2.10 bits per heavy atom. The van der Waals surface area contributed by atoms with E-state index in [1.54, 1.807) is 12.1 Å². The number of urea groups is 1. The van der Waals surface area contributed by atoms with Crippen LogP contribution >= 0.6 is 0 Å². The number of hydrogen-bond donors (Lipinski definition) is 2. The van der Waals surface area contributed by atoms with Gasteiger partial charge in [-0.3, -0.25) is 20.2 Å². The Morgan fingerprint density at radius 3 is 2.60 bits per heavy atom. The molecule has 1 aromatic rings. The van der Waals surface area contributed by atoms with Crippen LogP contribution in [0, 0.1) is 10.1 Å². The van der Waals surface area contributed by atoms with Crippen LogP contribution in [0.15, 0.2) is 18.2 Å². The van der Waals surface area contributed by atoms with E-state index in [1.807, 2.05) is 19.2 Å². The van der Waals surface area contributed by atoms with Crippen LogP contribution in [0.2, 0.25) is 0 Å². The second-order valence-corrected chi connectivity index (χ2v) is 4.51. The second kappa shape index (κ2) is 6.65. The second-order valence-electron chi connectivity index (χ2n) is 4.51. The van der Waals surface area contributed by atoms with E-state index in [2.05, 4.69) is 0 Å². The van der Waals surface area contributed by atoms with Gasteiger partial charge in [0.05, 0.1) is 4.92 Å². The van der Waals surface area contributed by atoms with Crippen molar-refractivity contribution in [2.24, 2.45) is 5.73 Å². The van der Waals surface area contributed by atoms with Gasteiger partial charge >= 0.3 is 6.03 Å². The molecule has 0 heterocycles. The number of nitrogens with zero attached hydrogens (tertiary/aromatic N) is 1. The largest absolute Gasteiger partial charge is 0.351 e. The minimum absolute atomic E-state index is 0.0540. The summed E-state index contributed by atoms with van der Waals surface area (Å²) >= 11 is 0. The van der Waals surface area contributed by atoms with Gasteiger partial charge in [0, 0.05) is 5.56 Å². The van der Waals surface area contributed by atoms with Crippen molar-refractivity contribution in [3.63, 3.8) is 0 Å². The highest BCUT2D eigenvalue weighted by atomic mass is 16.6. The molecule has 0 bridgehead atoms. The number of nitrogens with two attached hydrogens (primary N) is 1. The van der Waals surface area contributed by atoms with Crippen LogP contribution in [0.25, 0.3) is 0 Å². The molecule has 108 valence electrons. The molecule has 0 aliphatic rings. The van der Waals surface area contributed by atoms with Crippen molar-refractivity contribution in [3.8, 4) is 0 Å². The summed E-state index contributed by atoms with van der Waals surface area (Å²) in [5, 5.41) is 13.1. The van der Waals surface area contributed by atoms with Crippen LogP contribution in [-0.2, 0) is 0 Å². The van der Waals surface area contributed by atoms with E-state index in [0.29, 0.717) is 5.56 Å². The van der Waals surface area contributed by atoms with Crippen molar-refractivity contribution >= 4 is 17.6 Å². The Morgan fingerprint density at radius 1 is 1.45 bits per heavy atom. The van der Waals surface area contributed by atoms with Gasteiger partial charge in [0.15, 0.2) is 0 Å². The lowest BCUT2D eigenvalue weighted by atomic mass is 9.93. The molecule has 1 rings (SSSR count). The lowest BCUT2D eigenvalue weighted by molar-refractivity contribution is -0.386. The van der Waals surface area contributed by atoms with Crippen LogP contribution in [0.5, 0.6) is 0 Å². The molecule has 0 saturated heterocycles. The number of nitro groups is 1. The van der Waals surface area contributed by atoms with Gasteiger partial charge in [-0.1, -0.05) is 32.4 Å². The van der Waals surface area contributed by atoms with E-state index in [4.69, 9.17) is 5.73 Å². The molecule has 20 heavy (non-hydrogen) atoms. The summed E-state index contributed by atoms with van der Waals surface area (Å²) in [6, 6.07) is 3.44. The molecule has 0 spiro atoms. The number of hydrogen-bond acceptors (Lipinski definition) is 4. The van der Waals surface area contributed by atoms with Crippen molar-refractivity contribution in [1.29, 1.82) is 0 Å². The van der Waals surface area contributed by atoms with E-state index < -0.39 is 16.9 Å². The number of nitro benzene ring substituents is 1. The molecule has 7 nitrogen and oxygen atoms in total. The van der Waals surface area contributed by atoms with Crippen LogP contribution in [0.3, 0.4) is 0 Å². The molecule has 0 radical (unpaired) electrons. The smallest absolute Gasteiger partial charge is 0.319 e. The van der Waals surface area contributed by atoms with Crippen LogP contribution in [0.4, 0.5) is 10.5 Å². The van der Waals surface area contributed by atoms with Gasteiger partial charge in [0.1, 0.15) is 5.56 Å². The summed E-state index contributed by atoms with van der Waals surface area (Å²) in [5.74, 6) is -0.920. The lowest BCUT2D eigenvalue weighted by Gasteiger charge is -2.13. The molecular weight excluding hydrogens is 262 g/mol. The molecule has 0 aliphatic heterocycles. The van der Waals surface area contributed by atoms with Gasteiger partial charge < -0.3 is 5.73 Å². The molecule has 0 fully saturated rings. The average Bonchev–Trinajstić information content (AvgIpc) is 2.37. The topological polar surface area (TPSA) is 115 Å². The summed E-state index contributed by atoms with van der Waals surface area (Å²) in [4.78, 5) is 33.2. The van der Waals surface area contributed by atoms with Gasteiger partial charge in [-0.05, 0) is 18.4 Å².